The Bertz CT molecular complexity index is 374. The normalized spacial score (nSPS) is 28.2. The Balaban J connectivity index is 2.21. The van der Waals surface area contributed by atoms with Crippen molar-refractivity contribution in [2.75, 3.05) is 6.61 Å². The minimum Gasteiger partial charge on any atom is -0.481 e. The van der Waals surface area contributed by atoms with Crippen molar-refractivity contribution in [3.8, 4) is 0 Å². The van der Waals surface area contributed by atoms with E-state index in [1.807, 2.05) is 30.3 Å². The Morgan fingerprint density at radius 1 is 1.41 bits per heavy atom. The maximum atomic E-state index is 11.4. The molecule has 1 fully saturated rings. The predicted molar refractivity (Wildman–Crippen MR) is 65.0 cm³/mol. The number of rotatable bonds is 4. The maximum absolute atomic E-state index is 11.4. The van der Waals surface area contributed by atoms with E-state index in [2.05, 4.69) is 6.92 Å². The number of carboxylic acids is 1. The predicted octanol–water partition coefficient (Wildman–Crippen LogP) is 2.67. The van der Waals surface area contributed by atoms with Gasteiger partial charge in [-0.25, -0.2) is 0 Å². The third-order valence-corrected chi connectivity index (χ3v) is 3.41. The SMILES string of the molecule is CCCC1OCC(c2ccccc2)C1C(=O)O. The van der Waals surface area contributed by atoms with Crippen LogP contribution in [0.25, 0.3) is 0 Å². The highest BCUT2D eigenvalue weighted by molar-refractivity contribution is 5.72. The molecule has 1 aliphatic heterocycles. The summed E-state index contributed by atoms with van der Waals surface area (Å²) in [6.07, 6.45) is 1.64. The molecule has 2 rings (SSSR count). The van der Waals surface area contributed by atoms with Crippen molar-refractivity contribution in [2.24, 2.45) is 5.92 Å². The zero-order chi connectivity index (χ0) is 12.3. The van der Waals surface area contributed by atoms with Gasteiger partial charge in [0.25, 0.3) is 0 Å². The average molecular weight is 234 g/mol. The molecule has 17 heavy (non-hydrogen) atoms. The fraction of sp³-hybridized carbons (Fsp3) is 0.500. The molecular weight excluding hydrogens is 216 g/mol. The van der Waals surface area contributed by atoms with Crippen molar-refractivity contribution >= 4 is 5.97 Å². The number of carbonyl (C=O) groups is 1. The van der Waals surface area contributed by atoms with Gasteiger partial charge in [0, 0.05) is 5.92 Å². The Hall–Kier alpha value is -1.35. The summed E-state index contributed by atoms with van der Waals surface area (Å²) in [7, 11) is 0. The molecule has 92 valence electrons. The number of hydrogen-bond donors (Lipinski definition) is 1. The number of aliphatic carboxylic acids is 1. The molecule has 0 aliphatic carbocycles. The van der Waals surface area contributed by atoms with E-state index in [9.17, 15) is 9.90 Å². The van der Waals surface area contributed by atoms with Gasteiger partial charge in [-0.3, -0.25) is 4.79 Å². The van der Waals surface area contributed by atoms with Crippen LogP contribution in [0.2, 0.25) is 0 Å². The molecule has 1 aromatic carbocycles. The van der Waals surface area contributed by atoms with Gasteiger partial charge in [0.1, 0.15) is 0 Å². The first kappa shape index (κ1) is 12.1. The van der Waals surface area contributed by atoms with E-state index in [4.69, 9.17) is 4.74 Å². The van der Waals surface area contributed by atoms with Gasteiger partial charge in [-0.2, -0.15) is 0 Å². The molecule has 0 aromatic heterocycles. The van der Waals surface area contributed by atoms with E-state index < -0.39 is 11.9 Å². The van der Waals surface area contributed by atoms with E-state index in [1.54, 1.807) is 0 Å². The van der Waals surface area contributed by atoms with Gasteiger partial charge in [0.05, 0.1) is 18.6 Å². The minimum absolute atomic E-state index is 0.00903. The standard InChI is InChI=1S/C14H18O3/c1-2-6-12-13(14(15)16)11(9-17-12)10-7-4-3-5-8-10/h3-5,7-8,11-13H,2,6,9H2,1H3,(H,15,16). The van der Waals surface area contributed by atoms with Crippen LogP contribution in [-0.2, 0) is 9.53 Å². The van der Waals surface area contributed by atoms with Gasteiger partial charge in [0.2, 0.25) is 0 Å². The summed E-state index contributed by atoms with van der Waals surface area (Å²) in [6, 6.07) is 9.80. The molecular formula is C14H18O3. The lowest BCUT2D eigenvalue weighted by Crippen LogP contribution is -2.27. The van der Waals surface area contributed by atoms with E-state index in [0.717, 1.165) is 18.4 Å². The smallest absolute Gasteiger partial charge is 0.309 e. The zero-order valence-electron chi connectivity index (χ0n) is 10.0. The lowest BCUT2D eigenvalue weighted by Gasteiger charge is -2.18. The van der Waals surface area contributed by atoms with Gasteiger partial charge in [-0.15, -0.1) is 0 Å². The molecule has 3 unspecified atom stereocenters. The van der Waals surface area contributed by atoms with Gasteiger partial charge in [-0.1, -0.05) is 43.7 Å². The van der Waals surface area contributed by atoms with E-state index >= 15 is 0 Å². The Morgan fingerprint density at radius 3 is 2.71 bits per heavy atom. The summed E-state index contributed by atoms with van der Waals surface area (Å²) in [5.41, 5.74) is 1.07. The van der Waals surface area contributed by atoms with Crippen LogP contribution in [-0.4, -0.2) is 23.8 Å². The van der Waals surface area contributed by atoms with Crippen LogP contribution in [0.3, 0.4) is 0 Å². The van der Waals surface area contributed by atoms with Gasteiger partial charge in [0.15, 0.2) is 0 Å². The highest BCUT2D eigenvalue weighted by atomic mass is 16.5. The first-order valence-corrected chi connectivity index (χ1v) is 6.13. The molecule has 3 nitrogen and oxygen atoms in total. The first-order chi connectivity index (χ1) is 8.24. The Morgan fingerprint density at radius 2 is 2.12 bits per heavy atom. The second-order valence-corrected chi connectivity index (χ2v) is 4.54. The monoisotopic (exact) mass is 234 g/mol. The molecule has 3 atom stereocenters. The molecule has 3 heteroatoms. The third kappa shape index (κ3) is 2.50. The van der Waals surface area contributed by atoms with E-state index in [0.29, 0.717) is 6.61 Å². The topological polar surface area (TPSA) is 46.5 Å². The molecule has 1 heterocycles. The van der Waals surface area contributed by atoms with E-state index in [-0.39, 0.29) is 12.0 Å². The van der Waals surface area contributed by atoms with Crippen molar-refractivity contribution in [3.05, 3.63) is 35.9 Å². The second-order valence-electron chi connectivity index (χ2n) is 4.54. The van der Waals surface area contributed by atoms with Gasteiger partial charge in [-0.05, 0) is 12.0 Å². The summed E-state index contributed by atoms with van der Waals surface area (Å²) in [4.78, 5) is 11.4. The molecule has 0 amide bonds. The van der Waals surface area contributed by atoms with Crippen LogP contribution < -0.4 is 0 Å². The summed E-state index contributed by atoms with van der Waals surface area (Å²) in [5, 5.41) is 9.36. The average Bonchev–Trinajstić information content (AvgIpc) is 2.74. The molecule has 1 saturated heterocycles. The van der Waals surface area contributed by atoms with Crippen LogP contribution >= 0.6 is 0 Å². The lowest BCUT2D eigenvalue weighted by molar-refractivity contribution is -0.144. The first-order valence-electron chi connectivity index (χ1n) is 6.13. The molecule has 0 saturated carbocycles. The fourth-order valence-electron chi connectivity index (χ4n) is 2.58. The molecule has 0 bridgehead atoms. The maximum Gasteiger partial charge on any atom is 0.309 e. The summed E-state index contributed by atoms with van der Waals surface area (Å²) in [5.74, 6) is -1.16. The molecule has 1 aliphatic rings. The number of carboxylic acid groups (broad SMARTS) is 1. The van der Waals surface area contributed by atoms with Crippen molar-refractivity contribution in [2.45, 2.75) is 31.8 Å². The summed E-state index contributed by atoms with van der Waals surface area (Å²) < 4.78 is 5.65. The van der Waals surface area contributed by atoms with Crippen LogP contribution in [0.4, 0.5) is 0 Å². The van der Waals surface area contributed by atoms with Crippen molar-refractivity contribution < 1.29 is 14.6 Å². The molecule has 1 aromatic rings. The van der Waals surface area contributed by atoms with Crippen molar-refractivity contribution in [1.82, 2.24) is 0 Å². The van der Waals surface area contributed by atoms with Crippen LogP contribution in [0.15, 0.2) is 30.3 Å². The summed E-state index contributed by atoms with van der Waals surface area (Å²) >= 11 is 0. The van der Waals surface area contributed by atoms with Crippen molar-refractivity contribution in [1.29, 1.82) is 0 Å². The van der Waals surface area contributed by atoms with Crippen molar-refractivity contribution in [3.63, 3.8) is 0 Å². The third-order valence-electron chi connectivity index (χ3n) is 3.41. The number of ether oxygens (including phenoxy) is 1. The second kappa shape index (κ2) is 5.32. The largest absolute Gasteiger partial charge is 0.481 e. The van der Waals surface area contributed by atoms with Gasteiger partial charge >= 0.3 is 5.97 Å². The Kier molecular flexibility index (Phi) is 3.79. The van der Waals surface area contributed by atoms with Crippen LogP contribution in [0.1, 0.15) is 31.2 Å². The van der Waals surface area contributed by atoms with Gasteiger partial charge < -0.3 is 9.84 Å². The van der Waals surface area contributed by atoms with Crippen LogP contribution in [0, 0.1) is 5.92 Å². The highest BCUT2D eigenvalue weighted by Crippen LogP contribution is 2.37. The number of benzene rings is 1. The fourth-order valence-corrected chi connectivity index (χ4v) is 2.58. The summed E-state index contributed by atoms with van der Waals surface area (Å²) in [6.45, 7) is 2.57. The number of hydrogen-bond acceptors (Lipinski definition) is 2. The minimum atomic E-state index is -0.741. The quantitative estimate of drug-likeness (QED) is 0.871. The molecule has 0 spiro atoms. The molecule has 0 radical (unpaired) electrons. The zero-order valence-corrected chi connectivity index (χ0v) is 10.0. The lowest BCUT2D eigenvalue weighted by atomic mass is 9.84. The molecule has 1 N–H and O–H groups in total. The highest BCUT2D eigenvalue weighted by Gasteiger charge is 2.42. The van der Waals surface area contributed by atoms with Crippen LogP contribution in [0.5, 0.6) is 0 Å². The van der Waals surface area contributed by atoms with E-state index in [1.165, 1.54) is 0 Å². The Labute approximate surface area is 101 Å².